The normalized spacial score (nSPS) is 23.2. The maximum Gasteiger partial charge on any atom is 0.332 e. The Bertz CT molecular complexity index is 659. The zero-order valence-electron chi connectivity index (χ0n) is 11.6. The fraction of sp³-hybridized carbons (Fsp3) is 0.267. The van der Waals surface area contributed by atoms with Crippen molar-refractivity contribution in [3.05, 3.63) is 47.0 Å². The highest BCUT2D eigenvalue weighted by Crippen LogP contribution is 2.38. The average molecular weight is 318 g/mol. The summed E-state index contributed by atoms with van der Waals surface area (Å²) >= 11 is 1.36. The highest BCUT2D eigenvalue weighted by Gasteiger charge is 2.48. The van der Waals surface area contributed by atoms with Crippen LogP contribution in [0.1, 0.15) is 12.0 Å². The van der Waals surface area contributed by atoms with E-state index in [9.17, 15) is 19.5 Å². The monoisotopic (exact) mass is 318 g/mol. The number of thioether (sulfide) groups is 1. The van der Waals surface area contributed by atoms with Crippen molar-refractivity contribution in [2.24, 2.45) is 0 Å². The lowest BCUT2D eigenvalue weighted by atomic mass is 10.1. The third-order valence-electron chi connectivity index (χ3n) is 3.60. The molecule has 2 atom stereocenters. The maximum absolute atomic E-state index is 12.1. The van der Waals surface area contributed by atoms with Crippen molar-refractivity contribution < 1.29 is 19.5 Å². The third-order valence-corrected chi connectivity index (χ3v) is 4.70. The van der Waals surface area contributed by atoms with E-state index in [0.717, 1.165) is 5.56 Å². The van der Waals surface area contributed by atoms with Gasteiger partial charge in [-0.05, 0) is 11.0 Å². The number of nitrogens with one attached hydrogen (secondary N) is 1. The highest BCUT2D eigenvalue weighted by atomic mass is 32.2. The zero-order chi connectivity index (χ0) is 15.7. The molecule has 114 valence electrons. The molecule has 3 rings (SSSR count). The van der Waals surface area contributed by atoms with Gasteiger partial charge in [-0.3, -0.25) is 9.59 Å². The minimum atomic E-state index is -1.13. The Morgan fingerprint density at radius 2 is 2.05 bits per heavy atom. The van der Waals surface area contributed by atoms with Gasteiger partial charge in [0.25, 0.3) is 0 Å². The quantitative estimate of drug-likeness (QED) is 0.807. The minimum absolute atomic E-state index is 0.136. The lowest BCUT2D eigenvalue weighted by molar-refractivity contribution is -0.156. The number of hydrogen-bond donors (Lipinski definition) is 2. The minimum Gasteiger partial charge on any atom is -0.479 e. The van der Waals surface area contributed by atoms with Gasteiger partial charge in [0.1, 0.15) is 0 Å². The smallest absolute Gasteiger partial charge is 0.332 e. The molecule has 1 aromatic rings. The number of rotatable bonds is 4. The van der Waals surface area contributed by atoms with Crippen LogP contribution >= 0.6 is 11.8 Å². The number of carboxylic acids is 1. The Morgan fingerprint density at radius 3 is 2.68 bits per heavy atom. The van der Waals surface area contributed by atoms with Crippen molar-refractivity contribution in [1.29, 1.82) is 0 Å². The van der Waals surface area contributed by atoms with Crippen molar-refractivity contribution in [2.75, 3.05) is 0 Å². The molecule has 6 nitrogen and oxygen atoms in total. The van der Waals surface area contributed by atoms with Gasteiger partial charge in [0, 0.05) is 0 Å². The fourth-order valence-corrected chi connectivity index (χ4v) is 3.63. The molecule has 7 heteroatoms. The third kappa shape index (κ3) is 2.71. The van der Waals surface area contributed by atoms with Gasteiger partial charge in [0.15, 0.2) is 6.04 Å². The van der Waals surface area contributed by atoms with Crippen LogP contribution in [-0.2, 0) is 20.8 Å². The number of benzene rings is 1. The van der Waals surface area contributed by atoms with E-state index in [1.165, 1.54) is 16.7 Å². The number of carboxylic acid groups (broad SMARTS) is 1. The first-order chi connectivity index (χ1) is 10.6. The van der Waals surface area contributed by atoms with Gasteiger partial charge in [-0.25, -0.2) is 4.79 Å². The summed E-state index contributed by atoms with van der Waals surface area (Å²) in [7, 11) is 0. The van der Waals surface area contributed by atoms with Crippen LogP contribution in [-0.4, -0.2) is 39.2 Å². The van der Waals surface area contributed by atoms with Crippen molar-refractivity contribution >= 4 is 29.5 Å². The van der Waals surface area contributed by atoms with Crippen LogP contribution < -0.4 is 5.32 Å². The first-order valence-electron chi connectivity index (χ1n) is 6.79. The molecule has 0 bridgehead atoms. The molecule has 1 aromatic carbocycles. The summed E-state index contributed by atoms with van der Waals surface area (Å²) in [5.41, 5.74) is 1.09. The molecule has 0 aliphatic carbocycles. The second-order valence-electron chi connectivity index (χ2n) is 5.12. The SMILES string of the molecule is O=C(Cc1ccccc1)NC1=CS[C@@H]2CC(=O)N2[C@H]1C(=O)O. The number of hydrogen-bond acceptors (Lipinski definition) is 4. The molecule has 2 heterocycles. The van der Waals surface area contributed by atoms with E-state index in [4.69, 9.17) is 0 Å². The molecular formula is C15H14N2O4S. The Morgan fingerprint density at radius 1 is 1.32 bits per heavy atom. The summed E-state index contributed by atoms with van der Waals surface area (Å²) < 4.78 is 0. The average Bonchev–Trinajstić information content (AvgIpc) is 2.48. The molecule has 0 unspecified atom stereocenters. The largest absolute Gasteiger partial charge is 0.479 e. The van der Waals surface area contributed by atoms with Crippen molar-refractivity contribution in [3.8, 4) is 0 Å². The zero-order valence-corrected chi connectivity index (χ0v) is 12.4. The van der Waals surface area contributed by atoms with E-state index in [1.807, 2.05) is 30.3 Å². The van der Waals surface area contributed by atoms with Crippen LogP contribution in [0.15, 0.2) is 41.4 Å². The van der Waals surface area contributed by atoms with Crippen LogP contribution in [0.2, 0.25) is 0 Å². The molecule has 0 aromatic heterocycles. The van der Waals surface area contributed by atoms with Gasteiger partial charge in [-0.1, -0.05) is 30.3 Å². The molecular weight excluding hydrogens is 304 g/mol. The Balaban J connectivity index is 1.71. The second-order valence-corrected chi connectivity index (χ2v) is 6.17. The van der Waals surface area contributed by atoms with Gasteiger partial charge in [-0.15, -0.1) is 11.8 Å². The molecule has 1 saturated heterocycles. The predicted octanol–water partition coefficient (Wildman–Crippen LogP) is 0.945. The predicted molar refractivity (Wildman–Crippen MR) is 80.6 cm³/mol. The number of β-lactam (4-membered cyclic amide) rings is 1. The van der Waals surface area contributed by atoms with Gasteiger partial charge < -0.3 is 15.3 Å². The van der Waals surface area contributed by atoms with E-state index in [0.29, 0.717) is 6.42 Å². The summed E-state index contributed by atoms with van der Waals surface area (Å²) in [5.74, 6) is -1.63. The Kier molecular flexibility index (Phi) is 3.89. The van der Waals surface area contributed by atoms with Crippen LogP contribution in [0, 0.1) is 0 Å². The van der Waals surface area contributed by atoms with Gasteiger partial charge in [-0.2, -0.15) is 0 Å². The number of amides is 2. The number of aliphatic carboxylic acids is 1. The highest BCUT2D eigenvalue weighted by molar-refractivity contribution is 8.02. The summed E-state index contributed by atoms with van der Waals surface area (Å²) in [4.78, 5) is 36.4. The summed E-state index contributed by atoms with van der Waals surface area (Å²) in [5, 5.41) is 13.5. The van der Waals surface area contributed by atoms with Crippen molar-refractivity contribution in [3.63, 3.8) is 0 Å². The fourth-order valence-electron chi connectivity index (χ4n) is 2.53. The Hall–Kier alpha value is -2.28. The molecule has 2 aliphatic heterocycles. The molecule has 22 heavy (non-hydrogen) atoms. The van der Waals surface area contributed by atoms with E-state index in [-0.39, 0.29) is 29.3 Å². The standard InChI is InChI=1S/C15H14N2O4S/c18-11(6-9-4-2-1-3-5-9)16-10-8-22-13-7-12(19)17(13)14(10)15(20)21/h1-5,8,13-14H,6-7H2,(H,16,18)(H,20,21)/t13-,14-/m1/s1. The van der Waals surface area contributed by atoms with E-state index in [2.05, 4.69) is 5.32 Å². The molecule has 1 fully saturated rings. The number of carbonyl (C=O) groups is 3. The first-order valence-corrected chi connectivity index (χ1v) is 7.74. The van der Waals surface area contributed by atoms with Crippen molar-refractivity contribution in [1.82, 2.24) is 10.2 Å². The second kappa shape index (κ2) is 5.84. The molecule has 2 amide bonds. The Labute approximate surface area is 131 Å². The number of fused-ring (bicyclic) bond motifs is 1. The van der Waals surface area contributed by atoms with E-state index in [1.54, 1.807) is 5.41 Å². The van der Waals surface area contributed by atoms with Crippen LogP contribution in [0.5, 0.6) is 0 Å². The molecule has 2 aliphatic rings. The lowest BCUT2D eigenvalue weighted by Crippen LogP contribution is -2.62. The van der Waals surface area contributed by atoms with Crippen LogP contribution in [0.4, 0.5) is 0 Å². The number of carbonyl (C=O) groups excluding carboxylic acids is 2. The molecule has 0 saturated carbocycles. The van der Waals surface area contributed by atoms with E-state index < -0.39 is 12.0 Å². The van der Waals surface area contributed by atoms with Crippen molar-refractivity contribution in [2.45, 2.75) is 24.3 Å². The van der Waals surface area contributed by atoms with Gasteiger partial charge >= 0.3 is 5.97 Å². The van der Waals surface area contributed by atoms with Crippen LogP contribution in [0.25, 0.3) is 0 Å². The lowest BCUT2D eigenvalue weighted by Gasteiger charge is -2.46. The molecule has 0 spiro atoms. The topological polar surface area (TPSA) is 86.7 Å². The first kappa shape index (κ1) is 14.6. The van der Waals surface area contributed by atoms with E-state index >= 15 is 0 Å². The number of nitrogens with zero attached hydrogens (tertiary/aromatic N) is 1. The maximum atomic E-state index is 12.1. The molecule has 0 radical (unpaired) electrons. The molecule has 2 N–H and O–H groups in total. The summed E-state index contributed by atoms with van der Waals surface area (Å²) in [6, 6.07) is 8.08. The van der Waals surface area contributed by atoms with Gasteiger partial charge in [0.05, 0.1) is 23.9 Å². The van der Waals surface area contributed by atoms with Gasteiger partial charge in [0.2, 0.25) is 11.8 Å². The summed E-state index contributed by atoms with van der Waals surface area (Å²) in [6.45, 7) is 0. The summed E-state index contributed by atoms with van der Waals surface area (Å²) in [6.07, 6.45) is 0.503. The van der Waals surface area contributed by atoms with Crippen LogP contribution in [0.3, 0.4) is 0 Å².